The van der Waals surface area contributed by atoms with Crippen LogP contribution in [0.15, 0.2) is 30.9 Å². The number of aromatic nitrogens is 1. The first-order chi connectivity index (χ1) is 17.9. The van der Waals surface area contributed by atoms with Gasteiger partial charge in [0.25, 0.3) is 0 Å². The SMILES string of the molecule is C=CC[C@H]1C(=O)C(C)(C)[C@@H](O)CC(=O)N[C@H](c2ccc3sc(C)nc3c2)C[C@@H]2O[C@]2(Cl)CCO[C@@H](C)[C@H]1O. The van der Waals surface area contributed by atoms with Crippen LogP contribution in [0.3, 0.4) is 0 Å². The third-order valence-corrected chi connectivity index (χ3v) is 9.26. The number of ketones is 1. The Morgan fingerprint density at radius 2 is 2.05 bits per heavy atom. The average molecular weight is 565 g/mol. The van der Waals surface area contributed by atoms with Gasteiger partial charge in [-0.1, -0.05) is 37.6 Å². The second kappa shape index (κ2) is 11.3. The number of alkyl halides is 1. The lowest BCUT2D eigenvalue weighted by atomic mass is 9.72. The molecule has 2 aliphatic rings. The quantitative estimate of drug-likeness (QED) is 0.290. The van der Waals surface area contributed by atoms with Crippen LogP contribution in [0.4, 0.5) is 0 Å². The minimum absolute atomic E-state index is 0.210. The molecular weight excluding hydrogens is 528 g/mol. The van der Waals surface area contributed by atoms with Crippen molar-refractivity contribution in [3.8, 4) is 0 Å². The molecule has 7 atom stereocenters. The van der Waals surface area contributed by atoms with Crippen molar-refractivity contribution in [2.24, 2.45) is 11.3 Å². The summed E-state index contributed by atoms with van der Waals surface area (Å²) >= 11 is 8.31. The summed E-state index contributed by atoms with van der Waals surface area (Å²) < 4.78 is 12.8. The number of nitrogens with zero attached hydrogens (tertiary/aromatic N) is 1. The monoisotopic (exact) mass is 564 g/mol. The number of halogens is 1. The Morgan fingerprint density at radius 1 is 1.32 bits per heavy atom. The molecule has 0 bridgehead atoms. The first-order valence-electron chi connectivity index (χ1n) is 13.0. The van der Waals surface area contributed by atoms with E-state index in [-0.39, 0.29) is 31.3 Å². The smallest absolute Gasteiger partial charge is 0.223 e. The van der Waals surface area contributed by atoms with Gasteiger partial charge in [-0.2, -0.15) is 0 Å². The number of aliphatic hydroxyl groups is 2. The Labute approximate surface area is 232 Å². The van der Waals surface area contributed by atoms with E-state index in [1.165, 1.54) is 0 Å². The molecule has 0 saturated carbocycles. The number of fused-ring (bicyclic) bond motifs is 2. The number of nitrogens with one attached hydrogen (secondary N) is 1. The van der Waals surface area contributed by atoms with E-state index in [1.54, 1.807) is 38.2 Å². The maximum Gasteiger partial charge on any atom is 0.223 e. The number of hydrogen-bond donors (Lipinski definition) is 3. The van der Waals surface area contributed by atoms with Gasteiger partial charge in [0.1, 0.15) is 11.9 Å². The molecule has 2 fully saturated rings. The number of carbonyl (C=O) groups excluding carboxylic acids is 2. The highest BCUT2D eigenvalue weighted by Gasteiger charge is 2.55. The van der Waals surface area contributed by atoms with Crippen molar-refractivity contribution in [1.29, 1.82) is 0 Å². The Hall–Kier alpha value is -1.88. The molecule has 1 amide bonds. The highest BCUT2D eigenvalue weighted by atomic mass is 35.5. The standard InChI is InChI=1S/C28H37ClN2O6S/c1-6-7-18-25(34)15(2)36-11-10-28(29)23(37-28)13-19(17-8-9-21-20(12-17)30-16(3)38-21)31-24(33)14-22(32)27(4,5)26(18)35/h6,8-9,12,15,18-19,22-23,25,32,34H,1,7,10-11,13-14H2,2-5H3,(H,31,33)/t15-,18+,19-,22-,23-,25+,28+/m0/s1. The van der Waals surface area contributed by atoms with E-state index >= 15 is 0 Å². The van der Waals surface area contributed by atoms with Crippen molar-refractivity contribution in [2.45, 2.75) is 88.9 Å². The lowest BCUT2D eigenvalue weighted by Crippen LogP contribution is -2.48. The summed E-state index contributed by atoms with van der Waals surface area (Å²) in [4.78, 5) is 31.3. The van der Waals surface area contributed by atoms with Crippen LogP contribution in [-0.2, 0) is 19.1 Å². The molecule has 38 heavy (non-hydrogen) atoms. The van der Waals surface area contributed by atoms with Crippen LogP contribution < -0.4 is 5.32 Å². The Kier molecular flexibility index (Phi) is 8.67. The van der Waals surface area contributed by atoms with Gasteiger partial charge in [0.15, 0.2) is 5.06 Å². The highest BCUT2D eigenvalue weighted by Crippen LogP contribution is 2.48. The van der Waals surface area contributed by atoms with Crippen molar-refractivity contribution in [2.75, 3.05) is 6.61 Å². The number of aryl methyl sites for hydroxylation is 1. The van der Waals surface area contributed by atoms with Crippen LogP contribution in [0.5, 0.6) is 0 Å². The number of Topliss-reactive ketones (excluding diaryl/α,β-unsaturated/α-hetero) is 1. The second-order valence-corrected chi connectivity index (χ2v) is 12.8. The van der Waals surface area contributed by atoms with Crippen LogP contribution in [0, 0.1) is 18.3 Å². The third-order valence-electron chi connectivity index (χ3n) is 7.79. The molecule has 0 unspecified atom stereocenters. The van der Waals surface area contributed by atoms with Crippen LogP contribution >= 0.6 is 22.9 Å². The minimum atomic E-state index is -1.29. The van der Waals surface area contributed by atoms with Crippen LogP contribution in [0.1, 0.15) is 63.1 Å². The van der Waals surface area contributed by atoms with Gasteiger partial charge in [-0.15, -0.1) is 17.9 Å². The molecule has 1 aromatic carbocycles. The minimum Gasteiger partial charge on any atom is -0.392 e. The zero-order valence-electron chi connectivity index (χ0n) is 22.3. The fraction of sp³-hybridized carbons (Fsp3) is 0.607. The van der Waals surface area contributed by atoms with Crippen molar-refractivity contribution in [3.63, 3.8) is 0 Å². The van der Waals surface area contributed by atoms with Crippen LogP contribution in [-0.4, -0.2) is 63.0 Å². The van der Waals surface area contributed by atoms with Gasteiger partial charge in [-0.05, 0) is 38.0 Å². The number of benzene rings is 1. The predicted octanol–water partition coefficient (Wildman–Crippen LogP) is 4.19. The van der Waals surface area contributed by atoms with Gasteiger partial charge in [-0.25, -0.2) is 4.98 Å². The van der Waals surface area contributed by atoms with Gasteiger partial charge in [0.2, 0.25) is 5.91 Å². The molecule has 4 rings (SSSR count). The molecule has 2 aliphatic heterocycles. The molecule has 3 N–H and O–H groups in total. The molecule has 2 saturated heterocycles. The molecule has 208 valence electrons. The number of rotatable bonds is 3. The fourth-order valence-corrected chi connectivity index (χ4v) is 6.21. The lowest BCUT2D eigenvalue weighted by molar-refractivity contribution is -0.147. The summed E-state index contributed by atoms with van der Waals surface area (Å²) in [7, 11) is 0. The molecule has 1 aromatic heterocycles. The van der Waals surface area contributed by atoms with Crippen molar-refractivity contribution < 1.29 is 29.3 Å². The summed E-state index contributed by atoms with van der Waals surface area (Å²) in [5.74, 6) is -1.60. The summed E-state index contributed by atoms with van der Waals surface area (Å²) in [6.07, 6.45) is -1.09. The highest BCUT2D eigenvalue weighted by molar-refractivity contribution is 7.18. The fourth-order valence-electron chi connectivity index (χ4n) is 5.13. The number of carbonyl (C=O) groups is 2. The van der Waals surface area contributed by atoms with Crippen molar-refractivity contribution in [1.82, 2.24) is 10.3 Å². The maximum atomic E-state index is 13.5. The maximum absolute atomic E-state index is 13.5. The molecule has 0 aliphatic carbocycles. The number of allylic oxidation sites excluding steroid dienone is 1. The number of aliphatic hydroxyl groups excluding tert-OH is 2. The molecule has 3 heterocycles. The molecule has 10 heteroatoms. The van der Waals surface area contributed by atoms with E-state index in [1.807, 2.05) is 25.1 Å². The molecule has 0 spiro atoms. The van der Waals surface area contributed by atoms with E-state index in [0.717, 1.165) is 20.8 Å². The lowest BCUT2D eigenvalue weighted by Gasteiger charge is -2.35. The summed E-state index contributed by atoms with van der Waals surface area (Å²) in [5.41, 5.74) is 0.414. The number of epoxide rings is 1. The van der Waals surface area contributed by atoms with Crippen LogP contribution in [0.25, 0.3) is 10.2 Å². The van der Waals surface area contributed by atoms with Gasteiger partial charge in [0.05, 0.1) is 63.9 Å². The zero-order chi connectivity index (χ0) is 27.8. The van der Waals surface area contributed by atoms with E-state index < -0.39 is 46.7 Å². The number of ether oxygens (including phenoxy) is 2. The molecule has 8 nitrogen and oxygen atoms in total. The first-order valence-corrected chi connectivity index (χ1v) is 14.2. The largest absolute Gasteiger partial charge is 0.392 e. The van der Waals surface area contributed by atoms with E-state index in [9.17, 15) is 19.8 Å². The molecule has 2 aromatic rings. The molecular formula is C28H37ClN2O6S. The second-order valence-electron chi connectivity index (χ2n) is 11.0. The van der Waals surface area contributed by atoms with Gasteiger partial charge >= 0.3 is 0 Å². The summed E-state index contributed by atoms with van der Waals surface area (Å²) in [6, 6.07) is 5.46. The average Bonchev–Trinajstić information content (AvgIpc) is 3.32. The first kappa shape index (κ1) is 29.1. The molecule has 0 radical (unpaired) electrons. The van der Waals surface area contributed by atoms with E-state index in [0.29, 0.717) is 12.8 Å². The predicted molar refractivity (Wildman–Crippen MR) is 147 cm³/mol. The normalized spacial score (nSPS) is 34.9. The van der Waals surface area contributed by atoms with Crippen molar-refractivity contribution in [3.05, 3.63) is 41.4 Å². The topological polar surface area (TPSA) is 121 Å². The summed E-state index contributed by atoms with van der Waals surface area (Å²) in [5, 5.41) is 25.1. The van der Waals surface area contributed by atoms with Crippen LogP contribution in [0.2, 0.25) is 0 Å². The van der Waals surface area contributed by atoms with E-state index in [2.05, 4.69) is 16.9 Å². The Morgan fingerprint density at radius 3 is 2.76 bits per heavy atom. The Bertz CT molecular complexity index is 1200. The zero-order valence-corrected chi connectivity index (χ0v) is 23.8. The van der Waals surface area contributed by atoms with Gasteiger partial charge in [0, 0.05) is 12.8 Å². The number of hydrogen-bond acceptors (Lipinski definition) is 8. The van der Waals surface area contributed by atoms with Gasteiger partial charge in [-0.3, -0.25) is 9.59 Å². The number of amides is 1. The number of thiazole rings is 1. The van der Waals surface area contributed by atoms with Crippen molar-refractivity contribution >= 4 is 44.8 Å². The Balaban J connectivity index is 1.63. The van der Waals surface area contributed by atoms with E-state index in [4.69, 9.17) is 21.1 Å². The van der Waals surface area contributed by atoms with Gasteiger partial charge < -0.3 is 25.0 Å². The third kappa shape index (κ3) is 6.13. The summed E-state index contributed by atoms with van der Waals surface area (Å²) in [6.45, 7) is 10.8.